The van der Waals surface area contributed by atoms with Gasteiger partial charge in [-0.05, 0) is 136 Å². The molecule has 0 amide bonds. The smallest absolute Gasteiger partial charge is 0.252 e. The molecule has 0 fully saturated rings. The quantitative estimate of drug-likeness (QED) is 0.154. The van der Waals surface area contributed by atoms with Crippen LogP contribution >= 0.6 is 0 Å². The van der Waals surface area contributed by atoms with Crippen LogP contribution in [-0.2, 0) is 27.1 Å². The van der Waals surface area contributed by atoms with Gasteiger partial charge < -0.3 is 9.13 Å². The summed E-state index contributed by atoms with van der Waals surface area (Å²) in [4.78, 5) is 10.4. The van der Waals surface area contributed by atoms with Crippen molar-refractivity contribution in [2.24, 2.45) is 0 Å². The zero-order valence-corrected chi connectivity index (χ0v) is 41.5. The number of aromatic nitrogens is 4. The summed E-state index contributed by atoms with van der Waals surface area (Å²) in [7, 11) is 0. The molecule has 0 radical (unpaired) electrons. The average Bonchev–Trinajstić information content (AvgIpc) is 3.92. The second-order valence-corrected chi connectivity index (χ2v) is 24.7. The molecule has 3 aromatic heterocycles. The van der Waals surface area contributed by atoms with Crippen LogP contribution in [-0.4, -0.2) is 25.8 Å². The van der Waals surface area contributed by atoms with E-state index in [1.807, 2.05) is 18.5 Å². The van der Waals surface area contributed by atoms with Gasteiger partial charge in [-0.15, -0.1) is 0 Å². The lowest BCUT2D eigenvalue weighted by Crippen LogP contribution is -2.61. The van der Waals surface area contributed by atoms with Gasteiger partial charge in [0.2, 0.25) is 0 Å². The van der Waals surface area contributed by atoms with Crippen molar-refractivity contribution in [2.75, 3.05) is 0 Å². The maximum Gasteiger partial charge on any atom is 0.252 e. The Bertz CT molecular complexity index is 3900. The molecule has 10 aromatic rings. The van der Waals surface area contributed by atoms with Crippen LogP contribution in [0.2, 0.25) is 0 Å². The van der Waals surface area contributed by atoms with Crippen LogP contribution in [0, 0.1) is 0 Å². The number of hydrogen-bond donors (Lipinski definition) is 0. The van der Waals surface area contributed by atoms with Crippen molar-refractivity contribution in [3.63, 3.8) is 0 Å². The minimum Gasteiger partial charge on any atom is -0.310 e. The molecule has 0 unspecified atom stereocenters. The largest absolute Gasteiger partial charge is 0.310 e. The fourth-order valence-electron chi connectivity index (χ4n) is 13.2. The lowest BCUT2D eigenvalue weighted by molar-refractivity contribution is 0.588. The zero-order chi connectivity index (χ0) is 46.9. The van der Waals surface area contributed by atoms with E-state index in [2.05, 4.69) is 201 Å². The van der Waals surface area contributed by atoms with Crippen molar-refractivity contribution >= 4 is 66.7 Å². The molecule has 3 aliphatic heterocycles. The normalized spacial score (nSPS) is 15.1. The molecule has 6 heterocycles. The Balaban J connectivity index is 1.31. The van der Waals surface area contributed by atoms with Gasteiger partial charge in [0.15, 0.2) is 5.82 Å². The molecule has 1 aliphatic carbocycles. The van der Waals surface area contributed by atoms with E-state index in [1.165, 1.54) is 127 Å². The first-order valence-corrected chi connectivity index (χ1v) is 24.8. The molecule has 0 N–H and O–H groups in total. The molecule has 68 heavy (non-hydrogen) atoms. The van der Waals surface area contributed by atoms with Crippen molar-refractivity contribution in [3.8, 4) is 33.9 Å². The topological polar surface area (TPSA) is 35.6 Å². The maximum absolute atomic E-state index is 5.20. The summed E-state index contributed by atoms with van der Waals surface area (Å²) in [5.41, 5.74) is 25.3. The van der Waals surface area contributed by atoms with E-state index in [-0.39, 0.29) is 28.4 Å². The molecule has 14 rings (SSSR count). The average molecular weight is 881 g/mol. The highest BCUT2D eigenvalue weighted by molar-refractivity contribution is 7.00. The van der Waals surface area contributed by atoms with Crippen LogP contribution in [0.1, 0.15) is 128 Å². The molecule has 332 valence electrons. The number of benzene rings is 7. The Kier molecular flexibility index (Phi) is 7.41. The Labute approximate surface area is 400 Å². The monoisotopic (exact) mass is 880 g/mol. The minimum atomic E-state index is -0.636. The van der Waals surface area contributed by atoms with Crippen molar-refractivity contribution in [1.29, 1.82) is 0 Å². The van der Waals surface area contributed by atoms with Gasteiger partial charge in [-0.25, -0.2) is 9.97 Å². The van der Waals surface area contributed by atoms with Crippen LogP contribution < -0.4 is 16.4 Å². The van der Waals surface area contributed by atoms with Crippen molar-refractivity contribution in [3.05, 3.63) is 172 Å². The summed E-state index contributed by atoms with van der Waals surface area (Å²) < 4.78 is 5.40. The predicted octanol–water partition coefficient (Wildman–Crippen LogP) is 13.3. The molecular weight excluding hydrogens is 824 g/mol. The Hall–Kier alpha value is -6.72. The molecule has 5 heteroatoms. The molecule has 0 saturated heterocycles. The third-order valence-corrected chi connectivity index (χ3v) is 16.6. The Morgan fingerprint density at radius 3 is 1.49 bits per heavy atom. The summed E-state index contributed by atoms with van der Waals surface area (Å²) >= 11 is 0. The number of hydrogen-bond acceptors (Lipinski definition) is 2. The standard InChI is InChI=1S/C63H57BN4/c1-59(2,3)34-22-23-51-40(26-34)41-28-36(61(7,8)9)31-49-54(41)67(51)56-44(58-65-24-17-25-66-58)33-48-57-52(56)64(49)50-32-37(62(10,11)12)29-43-42-27-35(60(4,5)6)30-47(53(42)68(57)55(43)50)63(48)45-20-15-13-18-38(45)39-19-14-16-21-46(39)63/h13-33H,1-12H3. The third-order valence-electron chi connectivity index (χ3n) is 16.6. The lowest BCUT2D eigenvalue weighted by Gasteiger charge is -2.45. The molecule has 1 spiro atoms. The lowest BCUT2D eigenvalue weighted by atomic mass is 9.33. The molecule has 4 aliphatic rings. The number of nitrogens with zero attached hydrogens (tertiary/aromatic N) is 4. The number of rotatable bonds is 1. The van der Waals surface area contributed by atoms with Gasteiger partial charge in [0, 0.05) is 56.2 Å². The highest BCUT2D eigenvalue weighted by Gasteiger charge is 2.55. The molecule has 4 nitrogen and oxygen atoms in total. The first-order chi connectivity index (χ1) is 32.3. The highest BCUT2D eigenvalue weighted by atomic mass is 15.1. The van der Waals surface area contributed by atoms with Crippen LogP contribution in [0.25, 0.3) is 77.5 Å². The van der Waals surface area contributed by atoms with Crippen molar-refractivity contribution < 1.29 is 0 Å². The SMILES string of the molecule is CC(C)(C)c1ccc2c(c1)c1cc(C(C)(C)C)cc3c1n2-c1c(-c2ncccn2)cc2c4c1B3c1cc(C(C)(C)C)cc3c5cc(C(C)(C)C)cc(c5n-4c13)C21c2ccccc2-c2ccccc21. The fraction of sp³-hybridized carbons (Fsp3) is 0.270. The van der Waals surface area contributed by atoms with E-state index in [0.29, 0.717) is 0 Å². The first-order valence-electron chi connectivity index (χ1n) is 24.8. The second-order valence-electron chi connectivity index (χ2n) is 24.7. The van der Waals surface area contributed by atoms with E-state index >= 15 is 0 Å². The number of fused-ring (bicyclic) bond motifs is 14. The van der Waals surface area contributed by atoms with Gasteiger partial charge in [0.25, 0.3) is 6.71 Å². The molecule has 0 saturated carbocycles. The molecule has 0 bridgehead atoms. The van der Waals surface area contributed by atoms with Gasteiger partial charge >= 0.3 is 0 Å². The zero-order valence-electron chi connectivity index (χ0n) is 41.5. The van der Waals surface area contributed by atoms with Gasteiger partial charge in [0.05, 0.1) is 22.1 Å². The van der Waals surface area contributed by atoms with Crippen LogP contribution in [0.15, 0.2) is 128 Å². The van der Waals surface area contributed by atoms with Crippen LogP contribution in [0.4, 0.5) is 0 Å². The summed E-state index contributed by atoms with van der Waals surface area (Å²) in [6.07, 6.45) is 3.85. The molecule has 0 atom stereocenters. The van der Waals surface area contributed by atoms with Gasteiger partial charge in [0.1, 0.15) is 0 Å². The van der Waals surface area contributed by atoms with Gasteiger partial charge in [-0.1, -0.05) is 156 Å². The van der Waals surface area contributed by atoms with E-state index in [9.17, 15) is 0 Å². The summed E-state index contributed by atoms with van der Waals surface area (Å²) in [5.74, 6) is 0.748. The second kappa shape index (κ2) is 12.5. The van der Waals surface area contributed by atoms with Crippen LogP contribution in [0.3, 0.4) is 0 Å². The Morgan fingerprint density at radius 1 is 0.412 bits per heavy atom. The van der Waals surface area contributed by atoms with E-state index in [4.69, 9.17) is 9.97 Å². The molecule has 7 aromatic carbocycles. The minimum absolute atomic E-state index is 0.0188. The predicted molar refractivity (Wildman–Crippen MR) is 286 cm³/mol. The first kappa shape index (κ1) is 40.4. The Morgan fingerprint density at radius 2 is 0.912 bits per heavy atom. The maximum atomic E-state index is 5.20. The molecular formula is C63H57BN4. The van der Waals surface area contributed by atoms with Crippen LogP contribution in [0.5, 0.6) is 0 Å². The van der Waals surface area contributed by atoms with E-state index in [1.54, 1.807) is 0 Å². The van der Waals surface area contributed by atoms with Gasteiger partial charge in [-0.3, -0.25) is 0 Å². The summed E-state index contributed by atoms with van der Waals surface area (Å²) in [6, 6.07) is 45.8. The summed E-state index contributed by atoms with van der Waals surface area (Å²) in [5, 5.41) is 5.31. The van der Waals surface area contributed by atoms with Gasteiger partial charge in [-0.2, -0.15) is 0 Å². The highest BCUT2D eigenvalue weighted by Crippen LogP contribution is 2.63. The third kappa shape index (κ3) is 4.83. The summed E-state index contributed by atoms with van der Waals surface area (Å²) in [6.45, 7) is 28.4. The van der Waals surface area contributed by atoms with Crippen molar-refractivity contribution in [1.82, 2.24) is 19.1 Å². The van der Waals surface area contributed by atoms with E-state index < -0.39 is 5.41 Å². The van der Waals surface area contributed by atoms with E-state index in [0.717, 1.165) is 11.4 Å². The van der Waals surface area contributed by atoms with Crippen molar-refractivity contribution in [2.45, 2.75) is 110 Å². The fourth-order valence-corrected chi connectivity index (χ4v) is 13.2.